The molecule has 1 aliphatic heterocycles. The number of nitrogens with one attached hydrogen (secondary N) is 2. The highest BCUT2D eigenvalue weighted by atomic mass is 16.4. The third kappa shape index (κ3) is 2.88. The average molecular weight is 268 g/mol. The van der Waals surface area contributed by atoms with E-state index in [-0.39, 0.29) is 24.2 Å². The monoisotopic (exact) mass is 268 g/mol. The highest BCUT2D eigenvalue weighted by molar-refractivity contribution is 5.92. The van der Waals surface area contributed by atoms with Gasteiger partial charge >= 0.3 is 5.97 Å². The topological polar surface area (TPSA) is 95.5 Å². The molecule has 3 unspecified atom stereocenters. The van der Waals surface area contributed by atoms with E-state index in [1.54, 1.807) is 0 Å². The third-order valence-electron chi connectivity index (χ3n) is 4.12. The van der Waals surface area contributed by atoms with Crippen LogP contribution < -0.4 is 10.6 Å². The molecule has 0 spiro atoms. The molecule has 0 bridgehead atoms. The molecule has 1 heterocycles. The fraction of sp³-hybridized carbons (Fsp3) is 0.769. The molecule has 0 aromatic carbocycles. The summed E-state index contributed by atoms with van der Waals surface area (Å²) in [5.74, 6) is -1.60. The Labute approximate surface area is 111 Å². The number of carbonyl (C=O) groups is 3. The van der Waals surface area contributed by atoms with E-state index < -0.39 is 17.4 Å². The minimum absolute atomic E-state index is 0.150. The van der Waals surface area contributed by atoms with Gasteiger partial charge in [-0.2, -0.15) is 0 Å². The lowest BCUT2D eigenvalue weighted by atomic mass is 9.76. The molecule has 2 amide bonds. The molecule has 1 saturated carbocycles. The Kier molecular flexibility index (Phi) is 3.78. The van der Waals surface area contributed by atoms with Crippen LogP contribution in [0.25, 0.3) is 0 Å². The Bertz CT molecular complexity index is 409. The number of aliphatic carboxylic acids is 1. The van der Waals surface area contributed by atoms with Gasteiger partial charge in [-0.3, -0.25) is 9.59 Å². The summed E-state index contributed by atoms with van der Waals surface area (Å²) < 4.78 is 0. The van der Waals surface area contributed by atoms with E-state index in [9.17, 15) is 19.5 Å². The van der Waals surface area contributed by atoms with Gasteiger partial charge in [-0.25, -0.2) is 4.79 Å². The molecular formula is C13H20N2O4. The largest absolute Gasteiger partial charge is 0.480 e. The fourth-order valence-corrected chi connectivity index (χ4v) is 3.04. The molecule has 2 rings (SSSR count). The molecule has 1 aliphatic carbocycles. The predicted octanol–water partition coefficient (Wildman–Crippen LogP) is 0.272. The molecule has 6 nitrogen and oxygen atoms in total. The standard InChI is InChI=1S/C13H20N2O4/c1-8-3-2-4-13(6-8,12(18)19)15-11(17)9-5-10(16)14-7-9/h8-9H,2-7H2,1H3,(H,14,16)(H,15,17)(H,18,19). The Morgan fingerprint density at radius 1 is 1.47 bits per heavy atom. The number of carbonyl (C=O) groups excluding carboxylic acids is 2. The average Bonchev–Trinajstić information content (AvgIpc) is 2.75. The van der Waals surface area contributed by atoms with Gasteiger partial charge in [0.15, 0.2) is 0 Å². The first-order valence-corrected chi connectivity index (χ1v) is 6.75. The number of rotatable bonds is 3. The van der Waals surface area contributed by atoms with Crippen LogP contribution in [0.2, 0.25) is 0 Å². The van der Waals surface area contributed by atoms with Crippen LogP contribution >= 0.6 is 0 Å². The zero-order valence-electron chi connectivity index (χ0n) is 11.1. The van der Waals surface area contributed by atoms with E-state index in [1.807, 2.05) is 6.92 Å². The first-order valence-electron chi connectivity index (χ1n) is 6.75. The Hall–Kier alpha value is -1.59. The van der Waals surface area contributed by atoms with E-state index in [2.05, 4.69) is 10.6 Å². The van der Waals surface area contributed by atoms with Crippen LogP contribution in [0.4, 0.5) is 0 Å². The van der Waals surface area contributed by atoms with Crippen LogP contribution in [0.15, 0.2) is 0 Å². The Morgan fingerprint density at radius 2 is 2.21 bits per heavy atom. The molecule has 2 fully saturated rings. The van der Waals surface area contributed by atoms with Gasteiger partial charge in [-0.05, 0) is 18.8 Å². The van der Waals surface area contributed by atoms with Gasteiger partial charge in [0.1, 0.15) is 5.54 Å². The summed E-state index contributed by atoms with van der Waals surface area (Å²) in [7, 11) is 0. The van der Waals surface area contributed by atoms with Crippen molar-refractivity contribution in [3.63, 3.8) is 0 Å². The number of hydrogen-bond donors (Lipinski definition) is 3. The highest BCUT2D eigenvalue weighted by Gasteiger charge is 2.44. The molecule has 0 aromatic heterocycles. The van der Waals surface area contributed by atoms with E-state index in [1.165, 1.54) is 0 Å². The summed E-state index contributed by atoms with van der Waals surface area (Å²) in [6.45, 7) is 2.31. The van der Waals surface area contributed by atoms with Crippen molar-refractivity contribution >= 4 is 17.8 Å². The van der Waals surface area contributed by atoms with Crippen molar-refractivity contribution in [3.05, 3.63) is 0 Å². The maximum Gasteiger partial charge on any atom is 0.329 e. The summed E-state index contributed by atoms with van der Waals surface area (Å²) in [4.78, 5) is 34.8. The first kappa shape index (κ1) is 13.8. The van der Waals surface area contributed by atoms with Gasteiger partial charge in [0, 0.05) is 13.0 Å². The van der Waals surface area contributed by atoms with Gasteiger partial charge in [-0.1, -0.05) is 19.8 Å². The van der Waals surface area contributed by atoms with Crippen LogP contribution in [0, 0.1) is 11.8 Å². The molecule has 19 heavy (non-hydrogen) atoms. The van der Waals surface area contributed by atoms with Gasteiger partial charge < -0.3 is 15.7 Å². The lowest BCUT2D eigenvalue weighted by Gasteiger charge is -2.37. The zero-order chi connectivity index (χ0) is 14.0. The first-order chi connectivity index (χ1) is 8.93. The number of hydrogen-bond acceptors (Lipinski definition) is 3. The molecular weight excluding hydrogens is 248 g/mol. The maximum atomic E-state index is 12.1. The lowest BCUT2D eigenvalue weighted by molar-refractivity contribution is -0.150. The van der Waals surface area contributed by atoms with Crippen molar-refractivity contribution in [1.82, 2.24) is 10.6 Å². The second-order valence-electron chi connectivity index (χ2n) is 5.78. The summed E-state index contributed by atoms with van der Waals surface area (Å²) in [6.07, 6.45) is 2.87. The van der Waals surface area contributed by atoms with E-state index in [4.69, 9.17) is 0 Å². The minimum atomic E-state index is -1.15. The van der Waals surface area contributed by atoms with Crippen molar-refractivity contribution in [3.8, 4) is 0 Å². The van der Waals surface area contributed by atoms with Gasteiger partial charge in [0.05, 0.1) is 5.92 Å². The van der Waals surface area contributed by atoms with Crippen LogP contribution in [0.3, 0.4) is 0 Å². The van der Waals surface area contributed by atoms with Gasteiger partial charge in [0.2, 0.25) is 11.8 Å². The summed E-state index contributed by atoms with van der Waals surface area (Å²) >= 11 is 0. The molecule has 0 radical (unpaired) electrons. The third-order valence-corrected chi connectivity index (χ3v) is 4.12. The van der Waals surface area contributed by atoms with E-state index in [0.717, 1.165) is 12.8 Å². The number of carboxylic acids is 1. The Balaban J connectivity index is 2.06. The van der Waals surface area contributed by atoms with Crippen molar-refractivity contribution in [1.29, 1.82) is 0 Å². The summed E-state index contributed by atoms with van der Waals surface area (Å²) in [6, 6.07) is 0. The summed E-state index contributed by atoms with van der Waals surface area (Å²) in [5.41, 5.74) is -1.15. The molecule has 3 N–H and O–H groups in total. The minimum Gasteiger partial charge on any atom is -0.480 e. The highest BCUT2D eigenvalue weighted by Crippen LogP contribution is 2.33. The number of amides is 2. The maximum absolute atomic E-state index is 12.1. The van der Waals surface area contributed by atoms with Crippen LogP contribution in [-0.2, 0) is 14.4 Å². The molecule has 106 valence electrons. The lowest BCUT2D eigenvalue weighted by Crippen LogP contribution is -2.58. The Morgan fingerprint density at radius 3 is 2.74 bits per heavy atom. The normalized spacial score (nSPS) is 34.7. The number of carboxylic acid groups (broad SMARTS) is 1. The second kappa shape index (κ2) is 5.19. The quantitative estimate of drug-likeness (QED) is 0.684. The van der Waals surface area contributed by atoms with Crippen molar-refractivity contribution in [2.24, 2.45) is 11.8 Å². The van der Waals surface area contributed by atoms with Crippen molar-refractivity contribution in [2.45, 2.75) is 44.6 Å². The molecule has 0 aromatic rings. The smallest absolute Gasteiger partial charge is 0.329 e. The van der Waals surface area contributed by atoms with Gasteiger partial charge in [-0.15, -0.1) is 0 Å². The van der Waals surface area contributed by atoms with Gasteiger partial charge in [0.25, 0.3) is 0 Å². The SMILES string of the molecule is CC1CCCC(NC(=O)C2CNC(=O)C2)(C(=O)O)C1. The van der Waals surface area contributed by atoms with Crippen LogP contribution in [-0.4, -0.2) is 35.0 Å². The van der Waals surface area contributed by atoms with Crippen molar-refractivity contribution in [2.75, 3.05) is 6.54 Å². The van der Waals surface area contributed by atoms with Crippen molar-refractivity contribution < 1.29 is 19.5 Å². The van der Waals surface area contributed by atoms with E-state index >= 15 is 0 Å². The second-order valence-corrected chi connectivity index (χ2v) is 5.78. The predicted molar refractivity (Wildman–Crippen MR) is 67.3 cm³/mol. The molecule has 3 atom stereocenters. The van der Waals surface area contributed by atoms with Crippen LogP contribution in [0.5, 0.6) is 0 Å². The van der Waals surface area contributed by atoms with E-state index in [0.29, 0.717) is 19.4 Å². The zero-order valence-corrected chi connectivity index (χ0v) is 11.1. The van der Waals surface area contributed by atoms with Crippen LogP contribution in [0.1, 0.15) is 39.0 Å². The molecule has 2 aliphatic rings. The summed E-state index contributed by atoms with van der Waals surface area (Å²) in [5, 5.41) is 14.7. The molecule has 6 heteroatoms. The molecule has 1 saturated heterocycles. The fourth-order valence-electron chi connectivity index (χ4n) is 3.04.